The van der Waals surface area contributed by atoms with Gasteiger partial charge in [0.1, 0.15) is 5.60 Å². The molecule has 0 aromatic carbocycles. The van der Waals surface area contributed by atoms with E-state index in [9.17, 15) is 4.79 Å². The lowest BCUT2D eigenvalue weighted by molar-refractivity contribution is 0.0290. The molecule has 2 heterocycles. The molecule has 1 aliphatic heterocycles. The van der Waals surface area contributed by atoms with Crippen LogP contribution >= 0.6 is 0 Å². The third kappa shape index (κ3) is 4.70. The Labute approximate surface area is 126 Å². The highest BCUT2D eigenvalue weighted by atomic mass is 16.6. The van der Waals surface area contributed by atoms with E-state index in [0.29, 0.717) is 6.54 Å². The molecule has 1 aromatic heterocycles. The second-order valence-electron chi connectivity index (χ2n) is 6.55. The SMILES string of the molecule is C[C@@H](N[C@H]1CCN(C(=O)OC(C)(C)C)C1)c1ccccn1. The third-order valence-electron chi connectivity index (χ3n) is 3.46. The lowest BCUT2D eigenvalue weighted by Gasteiger charge is -2.25. The second kappa shape index (κ2) is 6.43. The van der Waals surface area contributed by atoms with Crippen LogP contribution in [0, 0.1) is 0 Å². The minimum atomic E-state index is -0.441. The van der Waals surface area contributed by atoms with Gasteiger partial charge in [-0.1, -0.05) is 6.07 Å². The summed E-state index contributed by atoms with van der Waals surface area (Å²) in [5.74, 6) is 0. The maximum atomic E-state index is 12.0. The van der Waals surface area contributed by atoms with Crippen LogP contribution in [0.5, 0.6) is 0 Å². The van der Waals surface area contributed by atoms with Crippen molar-refractivity contribution in [2.75, 3.05) is 13.1 Å². The van der Waals surface area contributed by atoms with Gasteiger partial charge in [0.05, 0.1) is 5.69 Å². The van der Waals surface area contributed by atoms with Crippen LogP contribution in [0.1, 0.15) is 45.9 Å². The van der Waals surface area contributed by atoms with Gasteiger partial charge >= 0.3 is 6.09 Å². The first-order chi connectivity index (χ1) is 9.85. The molecule has 0 unspecified atom stereocenters. The molecule has 0 radical (unpaired) electrons. The Bertz CT molecular complexity index is 470. The predicted octanol–water partition coefficient (Wildman–Crippen LogP) is 2.74. The normalized spacial score (nSPS) is 20.4. The summed E-state index contributed by atoms with van der Waals surface area (Å²) in [6.45, 7) is 9.19. The van der Waals surface area contributed by atoms with Crippen LogP contribution in [0.15, 0.2) is 24.4 Å². The fraction of sp³-hybridized carbons (Fsp3) is 0.625. The second-order valence-corrected chi connectivity index (χ2v) is 6.55. The molecule has 1 aromatic rings. The van der Waals surface area contributed by atoms with Crippen molar-refractivity contribution in [2.24, 2.45) is 0 Å². The maximum Gasteiger partial charge on any atom is 0.410 e. The highest BCUT2D eigenvalue weighted by Crippen LogP contribution is 2.18. The molecule has 1 fully saturated rings. The summed E-state index contributed by atoms with van der Waals surface area (Å²) >= 11 is 0. The number of pyridine rings is 1. The van der Waals surface area contributed by atoms with Crippen molar-refractivity contribution in [3.8, 4) is 0 Å². The Morgan fingerprint density at radius 3 is 2.86 bits per heavy atom. The van der Waals surface area contributed by atoms with Crippen molar-refractivity contribution < 1.29 is 9.53 Å². The quantitative estimate of drug-likeness (QED) is 0.930. The molecule has 116 valence electrons. The van der Waals surface area contributed by atoms with E-state index in [1.807, 2.05) is 39.0 Å². The average molecular weight is 291 g/mol. The fourth-order valence-electron chi connectivity index (χ4n) is 2.46. The predicted molar refractivity (Wildman–Crippen MR) is 82.0 cm³/mol. The van der Waals surface area contributed by atoms with E-state index in [1.165, 1.54) is 0 Å². The number of hydrogen-bond acceptors (Lipinski definition) is 4. The molecular formula is C16H25N3O2. The van der Waals surface area contributed by atoms with Crippen LogP contribution in [-0.4, -0.2) is 40.7 Å². The monoisotopic (exact) mass is 291 g/mol. The van der Waals surface area contributed by atoms with Gasteiger partial charge in [0, 0.05) is 31.4 Å². The molecule has 0 saturated carbocycles. The summed E-state index contributed by atoms with van der Waals surface area (Å²) in [5.41, 5.74) is 0.581. The lowest BCUT2D eigenvalue weighted by atomic mass is 10.1. The van der Waals surface area contributed by atoms with Crippen LogP contribution in [0.4, 0.5) is 4.79 Å². The number of nitrogens with zero attached hydrogens (tertiary/aromatic N) is 2. The average Bonchev–Trinajstić information content (AvgIpc) is 2.86. The highest BCUT2D eigenvalue weighted by Gasteiger charge is 2.30. The summed E-state index contributed by atoms with van der Waals surface area (Å²) < 4.78 is 5.41. The van der Waals surface area contributed by atoms with Gasteiger partial charge in [0.25, 0.3) is 0 Å². The van der Waals surface area contributed by atoms with Crippen LogP contribution in [0.25, 0.3) is 0 Å². The smallest absolute Gasteiger partial charge is 0.410 e. The standard InChI is InChI=1S/C16H25N3O2/c1-12(14-7-5-6-9-17-14)18-13-8-10-19(11-13)15(20)21-16(2,3)4/h5-7,9,12-13,18H,8,10-11H2,1-4H3/t12-,13+/m1/s1. The zero-order valence-corrected chi connectivity index (χ0v) is 13.3. The number of carbonyl (C=O) groups is 1. The Morgan fingerprint density at radius 2 is 2.24 bits per heavy atom. The molecule has 0 spiro atoms. The molecule has 21 heavy (non-hydrogen) atoms. The van der Waals surface area contributed by atoms with Crippen molar-refractivity contribution in [3.63, 3.8) is 0 Å². The van der Waals surface area contributed by atoms with E-state index in [1.54, 1.807) is 11.1 Å². The largest absolute Gasteiger partial charge is 0.444 e. The number of hydrogen-bond donors (Lipinski definition) is 1. The van der Waals surface area contributed by atoms with Crippen molar-refractivity contribution in [3.05, 3.63) is 30.1 Å². The summed E-state index contributed by atoms with van der Waals surface area (Å²) in [5, 5.41) is 3.53. The molecule has 2 atom stereocenters. The van der Waals surface area contributed by atoms with Crippen LogP contribution in [0.2, 0.25) is 0 Å². The Morgan fingerprint density at radius 1 is 1.48 bits per heavy atom. The Balaban J connectivity index is 1.84. The number of amides is 1. The van der Waals surface area contributed by atoms with E-state index in [2.05, 4.69) is 17.2 Å². The number of rotatable bonds is 3. The molecule has 1 amide bonds. The van der Waals surface area contributed by atoms with Crippen molar-refractivity contribution in [1.82, 2.24) is 15.2 Å². The van der Waals surface area contributed by atoms with Crippen molar-refractivity contribution in [2.45, 2.75) is 51.8 Å². The van der Waals surface area contributed by atoms with Crippen LogP contribution < -0.4 is 5.32 Å². The first-order valence-corrected chi connectivity index (χ1v) is 7.50. The van der Waals surface area contributed by atoms with Crippen molar-refractivity contribution in [1.29, 1.82) is 0 Å². The molecule has 0 aliphatic carbocycles. The Hall–Kier alpha value is -1.62. The van der Waals surface area contributed by atoms with Crippen LogP contribution in [0.3, 0.4) is 0 Å². The highest BCUT2D eigenvalue weighted by molar-refractivity contribution is 5.68. The fourth-order valence-corrected chi connectivity index (χ4v) is 2.46. The van der Waals surface area contributed by atoms with E-state index < -0.39 is 5.60 Å². The maximum absolute atomic E-state index is 12.0. The summed E-state index contributed by atoms with van der Waals surface area (Å²) in [4.78, 5) is 18.2. The summed E-state index contributed by atoms with van der Waals surface area (Å²) in [6, 6.07) is 6.38. The van der Waals surface area contributed by atoms with Gasteiger partial charge < -0.3 is 15.0 Å². The first kappa shape index (κ1) is 15.8. The number of likely N-dealkylation sites (tertiary alicyclic amines) is 1. The van der Waals surface area contributed by atoms with Gasteiger partial charge in [-0.3, -0.25) is 4.98 Å². The first-order valence-electron chi connectivity index (χ1n) is 7.50. The Kier molecular flexibility index (Phi) is 4.83. The number of carbonyl (C=O) groups excluding carboxylic acids is 1. The van der Waals surface area contributed by atoms with E-state index in [0.717, 1.165) is 18.7 Å². The van der Waals surface area contributed by atoms with Gasteiger partial charge in [0.2, 0.25) is 0 Å². The topological polar surface area (TPSA) is 54.5 Å². The van der Waals surface area contributed by atoms with E-state index in [4.69, 9.17) is 4.74 Å². The molecule has 2 rings (SSSR count). The van der Waals surface area contributed by atoms with Gasteiger partial charge in [-0.15, -0.1) is 0 Å². The minimum absolute atomic E-state index is 0.176. The molecule has 1 saturated heterocycles. The zero-order valence-electron chi connectivity index (χ0n) is 13.3. The number of nitrogens with one attached hydrogen (secondary N) is 1. The third-order valence-corrected chi connectivity index (χ3v) is 3.46. The molecule has 0 bridgehead atoms. The van der Waals surface area contributed by atoms with Gasteiger partial charge in [-0.05, 0) is 46.2 Å². The minimum Gasteiger partial charge on any atom is -0.444 e. The molecule has 1 aliphatic rings. The van der Waals surface area contributed by atoms with E-state index >= 15 is 0 Å². The number of aromatic nitrogens is 1. The van der Waals surface area contributed by atoms with Gasteiger partial charge in [-0.25, -0.2) is 4.79 Å². The summed E-state index contributed by atoms with van der Waals surface area (Å²) in [7, 11) is 0. The summed E-state index contributed by atoms with van der Waals surface area (Å²) in [6.07, 6.45) is 2.52. The van der Waals surface area contributed by atoms with Gasteiger partial charge in [0.15, 0.2) is 0 Å². The van der Waals surface area contributed by atoms with Gasteiger partial charge in [-0.2, -0.15) is 0 Å². The molecule has 1 N–H and O–H groups in total. The van der Waals surface area contributed by atoms with E-state index in [-0.39, 0.29) is 18.2 Å². The van der Waals surface area contributed by atoms with Crippen molar-refractivity contribution >= 4 is 6.09 Å². The number of ether oxygens (including phenoxy) is 1. The molecule has 5 nitrogen and oxygen atoms in total. The zero-order chi connectivity index (χ0) is 15.5. The lowest BCUT2D eigenvalue weighted by Crippen LogP contribution is -2.39. The molecule has 5 heteroatoms. The molecular weight excluding hydrogens is 266 g/mol. The van der Waals surface area contributed by atoms with Crippen LogP contribution in [-0.2, 0) is 4.74 Å².